The molecule has 1 heterocycles. The van der Waals surface area contributed by atoms with Gasteiger partial charge in [0.25, 0.3) is 17.4 Å². The fourth-order valence-corrected chi connectivity index (χ4v) is 2.17. The summed E-state index contributed by atoms with van der Waals surface area (Å²) in [5, 5.41) is -0.718. The van der Waals surface area contributed by atoms with Crippen LogP contribution in [0.5, 0.6) is 5.75 Å². The average molecular weight is 422 g/mol. The minimum atomic E-state index is -4.77. The summed E-state index contributed by atoms with van der Waals surface area (Å²) in [7, 11) is 0. The van der Waals surface area contributed by atoms with Crippen LogP contribution in [0.15, 0.2) is 41.3 Å². The first-order chi connectivity index (χ1) is 13.1. The summed E-state index contributed by atoms with van der Waals surface area (Å²) in [5.74, 6) is -2.75. The van der Waals surface area contributed by atoms with Gasteiger partial charge >= 0.3 is 6.18 Å². The van der Waals surface area contributed by atoms with Crippen molar-refractivity contribution >= 4 is 23.4 Å². The van der Waals surface area contributed by atoms with E-state index in [2.05, 4.69) is 0 Å². The minimum absolute atomic E-state index is 0.186. The SMILES string of the molecule is O=C(COc1ccccc1F)NNC(=O)Cn1cc(C(F)(F)F)cc(Cl)c1=O. The molecule has 1 aromatic heterocycles. The number of rotatable bonds is 5. The molecule has 2 aromatic rings. The summed E-state index contributed by atoms with van der Waals surface area (Å²) in [6.45, 7) is -1.48. The van der Waals surface area contributed by atoms with E-state index in [1.807, 2.05) is 10.9 Å². The van der Waals surface area contributed by atoms with E-state index in [0.29, 0.717) is 16.8 Å². The van der Waals surface area contributed by atoms with E-state index in [9.17, 15) is 31.9 Å². The molecule has 12 heteroatoms. The monoisotopic (exact) mass is 421 g/mol. The lowest BCUT2D eigenvalue weighted by molar-refractivity contribution is -0.138. The number of benzene rings is 1. The summed E-state index contributed by atoms with van der Waals surface area (Å²) in [6.07, 6.45) is -4.34. The Kier molecular flexibility index (Phi) is 6.62. The highest BCUT2D eigenvalue weighted by Crippen LogP contribution is 2.29. The minimum Gasteiger partial charge on any atom is -0.481 e. The molecule has 0 aliphatic heterocycles. The van der Waals surface area contributed by atoms with Crippen molar-refractivity contribution in [2.24, 2.45) is 0 Å². The molecule has 150 valence electrons. The lowest BCUT2D eigenvalue weighted by atomic mass is 10.2. The highest BCUT2D eigenvalue weighted by molar-refractivity contribution is 6.30. The molecular weight excluding hydrogens is 410 g/mol. The molecule has 0 saturated heterocycles. The maximum atomic E-state index is 13.3. The number of alkyl halides is 3. The number of carbonyl (C=O) groups is 2. The average Bonchev–Trinajstić information content (AvgIpc) is 2.62. The van der Waals surface area contributed by atoms with Crippen molar-refractivity contribution in [2.75, 3.05) is 6.61 Å². The van der Waals surface area contributed by atoms with Crippen LogP contribution in [0.25, 0.3) is 0 Å². The van der Waals surface area contributed by atoms with Crippen molar-refractivity contribution < 1.29 is 31.9 Å². The standard InChI is InChI=1S/C16H12ClF4N3O4/c17-10-5-9(16(19,20)21)6-24(15(10)27)7-13(25)22-23-14(26)8-28-12-4-2-1-3-11(12)18/h1-6H,7-8H2,(H,22,25)(H,23,26). The van der Waals surface area contributed by atoms with Crippen LogP contribution in [-0.2, 0) is 22.3 Å². The van der Waals surface area contributed by atoms with Crippen LogP contribution >= 0.6 is 11.6 Å². The normalized spacial score (nSPS) is 11.0. The van der Waals surface area contributed by atoms with Crippen molar-refractivity contribution in [1.82, 2.24) is 15.4 Å². The van der Waals surface area contributed by atoms with Gasteiger partial charge in [-0.25, -0.2) is 4.39 Å². The number of hydrogen-bond donors (Lipinski definition) is 2. The summed E-state index contributed by atoms with van der Waals surface area (Å²) < 4.78 is 56.9. The van der Waals surface area contributed by atoms with Crippen molar-refractivity contribution in [3.05, 3.63) is 63.3 Å². The maximum absolute atomic E-state index is 13.3. The fraction of sp³-hybridized carbons (Fsp3) is 0.188. The van der Waals surface area contributed by atoms with Crippen LogP contribution in [-0.4, -0.2) is 23.0 Å². The van der Waals surface area contributed by atoms with Crippen LogP contribution in [0, 0.1) is 5.82 Å². The first-order valence-corrected chi connectivity index (χ1v) is 7.88. The van der Waals surface area contributed by atoms with Gasteiger partial charge in [0.15, 0.2) is 18.2 Å². The Morgan fingerprint density at radius 3 is 2.43 bits per heavy atom. The van der Waals surface area contributed by atoms with Gasteiger partial charge in [0.1, 0.15) is 11.6 Å². The van der Waals surface area contributed by atoms with E-state index in [-0.39, 0.29) is 5.75 Å². The molecule has 0 fully saturated rings. The second-order valence-electron chi connectivity index (χ2n) is 5.32. The Morgan fingerprint density at radius 2 is 1.79 bits per heavy atom. The number of nitrogens with zero attached hydrogens (tertiary/aromatic N) is 1. The molecule has 2 N–H and O–H groups in total. The largest absolute Gasteiger partial charge is 0.481 e. The van der Waals surface area contributed by atoms with Gasteiger partial charge in [0, 0.05) is 6.20 Å². The molecule has 1 aromatic carbocycles. The van der Waals surface area contributed by atoms with E-state index in [4.69, 9.17) is 16.3 Å². The van der Waals surface area contributed by atoms with Gasteiger partial charge in [0.05, 0.1) is 5.56 Å². The molecule has 0 spiro atoms. The number of hydrogen-bond acceptors (Lipinski definition) is 4. The van der Waals surface area contributed by atoms with E-state index >= 15 is 0 Å². The second kappa shape index (κ2) is 8.74. The third-order valence-corrected chi connectivity index (χ3v) is 3.49. The smallest absolute Gasteiger partial charge is 0.417 e. The van der Waals surface area contributed by atoms with E-state index in [1.165, 1.54) is 18.2 Å². The number of halogens is 5. The predicted molar refractivity (Wildman–Crippen MR) is 88.9 cm³/mol. The van der Waals surface area contributed by atoms with Crippen LogP contribution < -0.4 is 21.1 Å². The summed E-state index contributed by atoms with van der Waals surface area (Å²) in [6, 6.07) is 5.75. The van der Waals surface area contributed by atoms with E-state index in [0.717, 1.165) is 6.07 Å². The number of amides is 2. The lowest BCUT2D eigenvalue weighted by Gasteiger charge is -2.12. The second-order valence-corrected chi connectivity index (χ2v) is 5.73. The summed E-state index contributed by atoms with van der Waals surface area (Å²) >= 11 is 5.47. The topological polar surface area (TPSA) is 89.4 Å². The molecular formula is C16H12ClF4N3O4. The van der Waals surface area contributed by atoms with Crippen LogP contribution in [0.3, 0.4) is 0 Å². The number of hydrazine groups is 1. The summed E-state index contributed by atoms with van der Waals surface area (Å²) in [4.78, 5) is 35.1. The van der Waals surface area contributed by atoms with Gasteiger partial charge in [-0.15, -0.1) is 0 Å². The van der Waals surface area contributed by atoms with Gasteiger partial charge in [-0.05, 0) is 18.2 Å². The molecule has 2 rings (SSSR count). The first kappa shape index (κ1) is 21.2. The Bertz CT molecular complexity index is 946. The quantitative estimate of drug-likeness (QED) is 0.570. The Balaban J connectivity index is 1.92. The first-order valence-electron chi connectivity index (χ1n) is 7.50. The number of nitrogens with one attached hydrogen (secondary N) is 2. The van der Waals surface area contributed by atoms with Crippen LogP contribution in [0.1, 0.15) is 5.56 Å². The number of carbonyl (C=O) groups excluding carboxylic acids is 2. The highest BCUT2D eigenvalue weighted by atomic mass is 35.5. The number of ether oxygens (including phenoxy) is 1. The van der Waals surface area contributed by atoms with Crippen molar-refractivity contribution in [3.8, 4) is 5.75 Å². The Hall–Kier alpha value is -3.08. The van der Waals surface area contributed by atoms with Gasteiger partial charge in [-0.3, -0.25) is 25.2 Å². The zero-order valence-corrected chi connectivity index (χ0v) is 14.6. The van der Waals surface area contributed by atoms with Gasteiger partial charge < -0.3 is 9.30 Å². The zero-order chi connectivity index (χ0) is 20.9. The predicted octanol–water partition coefficient (Wildman–Crippen LogP) is 1.89. The van der Waals surface area contributed by atoms with Crippen LogP contribution in [0.4, 0.5) is 17.6 Å². The maximum Gasteiger partial charge on any atom is 0.417 e. The molecule has 0 aliphatic rings. The molecule has 7 nitrogen and oxygen atoms in total. The lowest BCUT2D eigenvalue weighted by Crippen LogP contribution is -2.46. The van der Waals surface area contributed by atoms with Crippen LogP contribution in [0.2, 0.25) is 5.02 Å². The molecule has 2 amide bonds. The van der Waals surface area contributed by atoms with E-state index in [1.54, 1.807) is 0 Å². The molecule has 0 radical (unpaired) electrons. The zero-order valence-electron chi connectivity index (χ0n) is 13.8. The molecule has 0 unspecified atom stereocenters. The van der Waals surface area contributed by atoms with Crippen molar-refractivity contribution in [3.63, 3.8) is 0 Å². The number of pyridine rings is 1. The van der Waals surface area contributed by atoms with Crippen molar-refractivity contribution in [1.29, 1.82) is 0 Å². The summed E-state index contributed by atoms with van der Waals surface area (Å²) in [5.41, 5.74) is 1.57. The Morgan fingerprint density at radius 1 is 1.14 bits per heavy atom. The number of para-hydroxylation sites is 1. The molecule has 0 atom stereocenters. The number of aromatic nitrogens is 1. The van der Waals surface area contributed by atoms with Crippen molar-refractivity contribution in [2.45, 2.75) is 12.7 Å². The van der Waals surface area contributed by atoms with E-state index < -0.39 is 53.1 Å². The molecule has 28 heavy (non-hydrogen) atoms. The highest BCUT2D eigenvalue weighted by Gasteiger charge is 2.32. The third kappa shape index (κ3) is 5.71. The fourth-order valence-electron chi connectivity index (χ4n) is 1.95. The van der Waals surface area contributed by atoms with Gasteiger partial charge in [0.2, 0.25) is 0 Å². The third-order valence-electron chi connectivity index (χ3n) is 3.22. The Labute approximate surface area is 159 Å². The molecule has 0 bridgehead atoms. The molecule has 0 aliphatic carbocycles. The van der Waals surface area contributed by atoms with Gasteiger partial charge in [-0.2, -0.15) is 13.2 Å². The molecule has 0 saturated carbocycles. The van der Waals surface area contributed by atoms with Gasteiger partial charge in [-0.1, -0.05) is 23.7 Å².